The van der Waals surface area contributed by atoms with Crippen molar-refractivity contribution >= 4 is 0 Å². The first kappa shape index (κ1) is 25.4. The van der Waals surface area contributed by atoms with E-state index in [1.54, 1.807) is 0 Å². The molecule has 2 aromatic rings. The van der Waals surface area contributed by atoms with Gasteiger partial charge in [0, 0.05) is 19.1 Å². The molecule has 3 heteroatoms. The van der Waals surface area contributed by atoms with Gasteiger partial charge in [0.15, 0.2) is 0 Å². The van der Waals surface area contributed by atoms with Gasteiger partial charge in [0.25, 0.3) is 0 Å². The standard InChI is InChI=1S/C20H28N2.C6H15N/c21-15-16-22-17-20(13-11-18-7-3-1-4-8-18)14-12-19-9-5-2-6-10-19;1-4-6(7)5(2)3/h1-10,20,22H,11-17,21H2;5-6H,4,7H2,1-3H3. The molecule has 0 saturated heterocycles. The van der Waals surface area contributed by atoms with Gasteiger partial charge in [0.05, 0.1) is 0 Å². The first-order chi connectivity index (χ1) is 14.1. The summed E-state index contributed by atoms with van der Waals surface area (Å²) in [5.41, 5.74) is 14.1. The normalized spacial score (nSPS) is 12.0. The minimum Gasteiger partial charge on any atom is -0.329 e. The fourth-order valence-electron chi connectivity index (χ4n) is 3.26. The zero-order valence-electron chi connectivity index (χ0n) is 18.8. The summed E-state index contributed by atoms with van der Waals surface area (Å²) in [5.74, 6) is 1.34. The molecule has 0 spiro atoms. The molecule has 29 heavy (non-hydrogen) atoms. The SMILES string of the molecule is CCC(N)C(C)C.NCCNCC(CCc1ccccc1)CCc1ccccc1. The fraction of sp³-hybridized carbons (Fsp3) is 0.538. The van der Waals surface area contributed by atoms with Gasteiger partial charge in [-0.05, 0) is 61.6 Å². The molecule has 2 aromatic carbocycles. The summed E-state index contributed by atoms with van der Waals surface area (Å²) in [7, 11) is 0. The van der Waals surface area contributed by atoms with E-state index in [9.17, 15) is 0 Å². The van der Waals surface area contributed by atoms with E-state index in [4.69, 9.17) is 11.5 Å². The van der Waals surface area contributed by atoms with Crippen molar-refractivity contribution in [2.24, 2.45) is 23.3 Å². The molecule has 0 aliphatic carbocycles. The van der Waals surface area contributed by atoms with Gasteiger partial charge in [0.2, 0.25) is 0 Å². The van der Waals surface area contributed by atoms with E-state index >= 15 is 0 Å². The summed E-state index contributed by atoms with van der Waals surface area (Å²) in [4.78, 5) is 0. The van der Waals surface area contributed by atoms with E-state index < -0.39 is 0 Å². The van der Waals surface area contributed by atoms with Crippen molar-refractivity contribution in [2.45, 2.75) is 58.9 Å². The van der Waals surface area contributed by atoms with E-state index in [2.05, 4.69) is 86.8 Å². The number of nitrogens with one attached hydrogen (secondary N) is 1. The van der Waals surface area contributed by atoms with Gasteiger partial charge in [-0.25, -0.2) is 0 Å². The van der Waals surface area contributed by atoms with Crippen LogP contribution in [0.1, 0.15) is 51.2 Å². The molecule has 0 heterocycles. The number of aryl methyl sites for hydroxylation is 2. The molecule has 0 radical (unpaired) electrons. The summed E-state index contributed by atoms with van der Waals surface area (Å²) in [6, 6.07) is 22.0. The predicted molar refractivity (Wildman–Crippen MR) is 128 cm³/mol. The van der Waals surface area contributed by atoms with Gasteiger partial charge in [-0.15, -0.1) is 0 Å². The van der Waals surface area contributed by atoms with Gasteiger partial charge >= 0.3 is 0 Å². The largest absolute Gasteiger partial charge is 0.329 e. The number of nitrogens with two attached hydrogens (primary N) is 2. The van der Waals surface area contributed by atoms with Gasteiger partial charge in [-0.3, -0.25) is 0 Å². The Kier molecular flexibility index (Phi) is 14.1. The van der Waals surface area contributed by atoms with Gasteiger partial charge in [-0.1, -0.05) is 81.4 Å². The van der Waals surface area contributed by atoms with E-state index in [1.807, 2.05) is 0 Å². The Balaban J connectivity index is 0.000000516. The van der Waals surface area contributed by atoms with Crippen molar-refractivity contribution in [2.75, 3.05) is 19.6 Å². The molecule has 5 N–H and O–H groups in total. The van der Waals surface area contributed by atoms with Crippen molar-refractivity contribution < 1.29 is 0 Å². The van der Waals surface area contributed by atoms with Crippen molar-refractivity contribution in [1.82, 2.24) is 5.32 Å². The quantitative estimate of drug-likeness (QED) is 0.451. The Labute approximate surface area is 179 Å². The minimum absolute atomic E-state index is 0.403. The topological polar surface area (TPSA) is 64.1 Å². The monoisotopic (exact) mass is 397 g/mol. The molecule has 1 atom stereocenters. The van der Waals surface area contributed by atoms with Crippen LogP contribution in [-0.2, 0) is 12.8 Å². The van der Waals surface area contributed by atoms with Crippen LogP contribution in [0.2, 0.25) is 0 Å². The third kappa shape index (κ3) is 12.5. The second-order valence-electron chi connectivity index (χ2n) is 8.22. The number of rotatable bonds is 12. The first-order valence-electron chi connectivity index (χ1n) is 11.3. The van der Waals surface area contributed by atoms with E-state index in [0.29, 0.717) is 24.4 Å². The Morgan fingerprint density at radius 1 is 0.828 bits per heavy atom. The molecule has 2 rings (SSSR count). The van der Waals surface area contributed by atoms with Crippen LogP contribution in [0.3, 0.4) is 0 Å². The number of hydrogen-bond donors (Lipinski definition) is 3. The average Bonchev–Trinajstić information content (AvgIpc) is 2.76. The maximum Gasteiger partial charge on any atom is 0.00746 e. The van der Waals surface area contributed by atoms with Crippen molar-refractivity contribution in [3.05, 3.63) is 71.8 Å². The molecule has 0 bridgehead atoms. The number of hydrogen-bond acceptors (Lipinski definition) is 3. The van der Waals surface area contributed by atoms with Crippen molar-refractivity contribution in [3.63, 3.8) is 0 Å². The lowest BCUT2D eigenvalue weighted by molar-refractivity contribution is 0.421. The van der Waals surface area contributed by atoms with Crippen LogP contribution in [0.25, 0.3) is 0 Å². The van der Waals surface area contributed by atoms with E-state index in [-0.39, 0.29) is 0 Å². The third-order valence-corrected chi connectivity index (χ3v) is 5.45. The summed E-state index contributed by atoms with van der Waals surface area (Å²) >= 11 is 0. The van der Waals surface area contributed by atoms with Crippen LogP contribution in [0.5, 0.6) is 0 Å². The van der Waals surface area contributed by atoms with Gasteiger partial charge in [-0.2, -0.15) is 0 Å². The van der Waals surface area contributed by atoms with Crippen LogP contribution in [-0.4, -0.2) is 25.7 Å². The highest BCUT2D eigenvalue weighted by atomic mass is 14.9. The minimum atomic E-state index is 0.403. The summed E-state index contributed by atoms with van der Waals surface area (Å²) in [6.07, 6.45) is 5.87. The molecule has 0 amide bonds. The Morgan fingerprint density at radius 3 is 1.66 bits per heavy atom. The maximum absolute atomic E-state index is 5.62. The van der Waals surface area contributed by atoms with Crippen molar-refractivity contribution in [1.29, 1.82) is 0 Å². The molecule has 3 nitrogen and oxygen atoms in total. The zero-order valence-corrected chi connectivity index (χ0v) is 18.8. The highest BCUT2D eigenvalue weighted by Gasteiger charge is 2.09. The third-order valence-electron chi connectivity index (χ3n) is 5.45. The summed E-state index contributed by atoms with van der Waals surface area (Å²) in [6.45, 7) is 9.10. The molecule has 162 valence electrons. The molecular formula is C26H43N3. The van der Waals surface area contributed by atoms with Gasteiger partial charge in [0.1, 0.15) is 0 Å². The van der Waals surface area contributed by atoms with Crippen LogP contribution < -0.4 is 16.8 Å². The predicted octanol–water partition coefficient (Wildman–Crippen LogP) is 4.80. The highest BCUT2D eigenvalue weighted by molar-refractivity contribution is 5.16. The lowest BCUT2D eigenvalue weighted by atomic mass is 9.93. The molecule has 0 aliphatic rings. The lowest BCUT2D eigenvalue weighted by Crippen LogP contribution is -2.28. The molecule has 0 saturated carbocycles. The molecule has 1 unspecified atom stereocenters. The summed E-state index contributed by atoms with van der Waals surface area (Å²) in [5, 5.41) is 3.48. The van der Waals surface area contributed by atoms with Crippen molar-refractivity contribution in [3.8, 4) is 0 Å². The van der Waals surface area contributed by atoms with E-state index in [1.165, 1.54) is 24.0 Å². The van der Waals surface area contributed by atoms with Crippen LogP contribution in [0.15, 0.2) is 60.7 Å². The molecule has 0 aromatic heterocycles. The van der Waals surface area contributed by atoms with E-state index in [0.717, 1.165) is 32.4 Å². The van der Waals surface area contributed by atoms with Crippen LogP contribution in [0, 0.1) is 11.8 Å². The summed E-state index contributed by atoms with van der Waals surface area (Å²) < 4.78 is 0. The Bertz CT molecular complexity index is 554. The first-order valence-corrected chi connectivity index (χ1v) is 11.3. The molecule has 0 fully saturated rings. The highest BCUT2D eigenvalue weighted by Crippen LogP contribution is 2.16. The second kappa shape index (κ2) is 16.2. The van der Waals surface area contributed by atoms with Gasteiger partial charge < -0.3 is 16.8 Å². The lowest BCUT2D eigenvalue weighted by Gasteiger charge is -2.18. The van der Waals surface area contributed by atoms with Crippen LogP contribution >= 0.6 is 0 Å². The Morgan fingerprint density at radius 2 is 1.31 bits per heavy atom. The molecule has 0 aliphatic heterocycles. The zero-order chi connectivity index (χ0) is 21.3. The molecular weight excluding hydrogens is 354 g/mol. The fourth-order valence-corrected chi connectivity index (χ4v) is 3.26. The van der Waals surface area contributed by atoms with Crippen LogP contribution in [0.4, 0.5) is 0 Å². The maximum atomic E-state index is 5.62. The average molecular weight is 398 g/mol. The number of benzene rings is 2. The smallest absolute Gasteiger partial charge is 0.00746 e. The second-order valence-corrected chi connectivity index (χ2v) is 8.22. The Hall–Kier alpha value is -1.68.